The third-order valence-electron chi connectivity index (χ3n) is 5.53. The number of pyridine rings is 1. The Kier molecular flexibility index (Phi) is 4.16. The zero-order valence-corrected chi connectivity index (χ0v) is 16.6. The van der Waals surface area contributed by atoms with E-state index in [2.05, 4.69) is 40.2 Å². The smallest absolute Gasteiger partial charge is 0.266 e. The molecule has 5 heteroatoms. The number of fused-ring (bicyclic) bond motifs is 2. The van der Waals surface area contributed by atoms with E-state index in [1.54, 1.807) is 17.0 Å². The molecule has 1 aliphatic heterocycles. The van der Waals surface area contributed by atoms with E-state index in [0.29, 0.717) is 16.9 Å². The summed E-state index contributed by atoms with van der Waals surface area (Å²) in [7, 11) is 0. The van der Waals surface area contributed by atoms with E-state index in [0.717, 1.165) is 36.3 Å². The van der Waals surface area contributed by atoms with Crippen molar-refractivity contribution < 1.29 is 0 Å². The second-order valence-electron chi connectivity index (χ2n) is 7.75. The number of rotatable bonds is 2. The fraction of sp³-hybridized carbons (Fsp3) is 0.208. The van der Waals surface area contributed by atoms with Gasteiger partial charge in [-0.05, 0) is 60.7 Å². The summed E-state index contributed by atoms with van der Waals surface area (Å²) >= 11 is 0. The van der Waals surface area contributed by atoms with Gasteiger partial charge in [-0.3, -0.25) is 9.36 Å². The zero-order valence-electron chi connectivity index (χ0n) is 16.6. The Labute approximate surface area is 169 Å². The second kappa shape index (κ2) is 6.85. The molecule has 29 heavy (non-hydrogen) atoms. The van der Waals surface area contributed by atoms with Crippen molar-refractivity contribution in [1.29, 1.82) is 0 Å². The Morgan fingerprint density at radius 1 is 0.966 bits per heavy atom. The molecule has 3 heterocycles. The summed E-state index contributed by atoms with van der Waals surface area (Å²) in [6, 6.07) is 16.5. The molecule has 0 unspecified atom stereocenters. The van der Waals surface area contributed by atoms with Crippen LogP contribution in [-0.4, -0.2) is 21.1 Å². The van der Waals surface area contributed by atoms with Gasteiger partial charge in [-0.1, -0.05) is 30.3 Å². The Bertz CT molecular complexity index is 1270. The number of aryl methyl sites for hydroxylation is 2. The summed E-state index contributed by atoms with van der Waals surface area (Å²) in [5.41, 5.74) is 6.41. The highest BCUT2D eigenvalue weighted by Gasteiger charge is 2.19. The number of anilines is 1. The highest BCUT2D eigenvalue weighted by molar-refractivity contribution is 5.78. The molecular weight excluding hydrogens is 360 g/mol. The van der Waals surface area contributed by atoms with Crippen LogP contribution in [0.15, 0.2) is 65.7 Å². The first-order chi connectivity index (χ1) is 14.1. The van der Waals surface area contributed by atoms with Crippen LogP contribution >= 0.6 is 0 Å². The first-order valence-corrected chi connectivity index (χ1v) is 9.87. The fourth-order valence-corrected chi connectivity index (χ4v) is 4.13. The highest BCUT2D eigenvalue weighted by atomic mass is 16.1. The summed E-state index contributed by atoms with van der Waals surface area (Å²) < 4.78 is 1.67. The highest BCUT2D eigenvalue weighted by Crippen LogP contribution is 2.23. The Morgan fingerprint density at radius 2 is 1.72 bits per heavy atom. The van der Waals surface area contributed by atoms with Crippen LogP contribution in [0.3, 0.4) is 0 Å². The van der Waals surface area contributed by atoms with Gasteiger partial charge >= 0.3 is 0 Å². The molecule has 0 N–H and O–H groups in total. The van der Waals surface area contributed by atoms with Gasteiger partial charge in [0.05, 0.1) is 10.9 Å². The largest absolute Gasteiger partial charge is 0.336 e. The Morgan fingerprint density at radius 3 is 2.52 bits per heavy atom. The standard InChI is InChI=1S/C24H22N4O/c1-16-11-17(2)13-20(12-16)28-10-8-22-21(23(28)29)14-25-24(26-22)27-9-7-18-5-3-4-6-19(18)15-27/h3-6,8,10-14H,7,9,15H2,1-2H3. The van der Waals surface area contributed by atoms with Crippen molar-refractivity contribution in [2.45, 2.75) is 26.8 Å². The van der Waals surface area contributed by atoms with E-state index in [9.17, 15) is 4.79 Å². The normalized spacial score (nSPS) is 13.5. The zero-order chi connectivity index (χ0) is 20.0. The lowest BCUT2D eigenvalue weighted by molar-refractivity contribution is 0.710. The van der Waals surface area contributed by atoms with E-state index in [-0.39, 0.29) is 5.56 Å². The first-order valence-electron chi connectivity index (χ1n) is 9.87. The minimum Gasteiger partial charge on any atom is -0.336 e. The number of aromatic nitrogens is 3. The molecule has 5 nitrogen and oxygen atoms in total. The lowest BCUT2D eigenvalue weighted by Gasteiger charge is -2.28. The van der Waals surface area contributed by atoms with Gasteiger partial charge in [-0.15, -0.1) is 0 Å². The molecule has 0 saturated heterocycles. The minimum absolute atomic E-state index is 0.0944. The number of hydrogen-bond donors (Lipinski definition) is 0. The maximum absolute atomic E-state index is 13.1. The van der Waals surface area contributed by atoms with E-state index in [1.165, 1.54) is 11.1 Å². The number of nitrogens with zero attached hydrogens (tertiary/aromatic N) is 4. The van der Waals surface area contributed by atoms with E-state index in [4.69, 9.17) is 4.98 Å². The fourth-order valence-electron chi connectivity index (χ4n) is 4.13. The molecule has 0 spiro atoms. The summed E-state index contributed by atoms with van der Waals surface area (Å²) in [6.45, 7) is 5.74. The molecule has 0 radical (unpaired) electrons. The summed E-state index contributed by atoms with van der Waals surface area (Å²) in [5, 5.41) is 0.535. The molecule has 5 rings (SSSR count). The molecule has 0 atom stereocenters. The maximum atomic E-state index is 13.1. The SMILES string of the molecule is Cc1cc(C)cc(-n2ccc3nc(N4CCc5ccccc5C4)ncc3c2=O)c1. The van der Waals surface area contributed by atoms with Crippen LogP contribution in [0, 0.1) is 13.8 Å². The van der Waals surface area contributed by atoms with Crippen LogP contribution in [0.25, 0.3) is 16.6 Å². The molecule has 0 fully saturated rings. The summed E-state index contributed by atoms with van der Waals surface area (Å²) in [4.78, 5) is 24.5. The van der Waals surface area contributed by atoms with Gasteiger partial charge in [0.2, 0.25) is 5.95 Å². The molecule has 144 valence electrons. The quantitative estimate of drug-likeness (QED) is 0.527. The van der Waals surface area contributed by atoms with Crippen molar-refractivity contribution in [3.63, 3.8) is 0 Å². The average molecular weight is 382 g/mol. The third-order valence-corrected chi connectivity index (χ3v) is 5.53. The summed E-state index contributed by atoms with van der Waals surface area (Å²) in [5.74, 6) is 0.676. The molecule has 4 aromatic rings. The van der Waals surface area contributed by atoms with Gasteiger partial charge < -0.3 is 4.90 Å². The van der Waals surface area contributed by atoms with Crippen molar-refractivity contribution in [2.75, 3.05) is 11.4 Å². The predicted octanol–water partition coefficient (Wildman–Crippen LogP) is 3.96. The van der Waals surface area contributed by atoms with Gasteiger partial charge in [0.25, 0.3) is 5.56 Å². The molecule has 2 aromatic carbocycles. The van der Waals surface area contributed by atoms with Gasteiger partial charge in [0, 0.05) is 31.2 Å². The van der Waals surface area contributed by atoms with Gasteiger partial charge in [-0.25, -0.2) is 9.97 Å². The van der Waals surface area contributed by atoms with Gasteiger partial charge in [0.1, 0.15) is 0 Å². The lowest BCUT2D eigenvalue weighted by atomic mass is 10.0. The van der Waals surface area contributed by atoms with Crippen LogP contribution in [0.4, 0.5) is 5.95 Å². The van der Waals surface area contributed by atoms with Crippen LogP contribution in [0.5, 0.6) is 0 Å². The van der Waals surface area contributed by atoms with Crippen LogP contribution in [-0.2, 0) is 13.0 Å². The molecule has 0 aliphatic carbocycles. The molecular formula is C24H22N4O. The van der Waals surface area contributed by atoms with Crippen molar-refractivity contribution in [3.05, 3.63) is 93.5 Å². The minimum atomic E-state index is -0.0944. The van der Waals surface area contributed by atoms with Gasteiger partial charge in [0.15, 0.2) is 0 Å². The van der Waals surface area contributed by atoms with E-state index in [1.807, 2.05) is 32.0 Å². The molecule has 0 bridgehead atoms. The first kappa shape index (κ1) is 17.6. The second-order valence-corrected chi connectivity index (χ2v) is 7.75. The van der Waals surface area contributed by atoms with Crippen LogP contribution in [0.2, 0.25) is 0 Å². The Balaban J connectivity index is 1.53. The number of hydrogen-bond acceptors (Lipinski definition) is 4. The third kappa shape index (κ3) is 3.18. The maximum Gasteiger partial charge on any atom is 0.266 e. The average Bonchev–Trinajstić information content (AvgIpc) is 2.72. The van der Waals surface area contributed by atoms with Crippen molar-refractivity contribution in [3.8, 4) is 5.69 Å². The van der Waals surface area contributed by atoms with Crippen molar-refractivity contribution in [1.82, 2.24) is 14.5 Å². The van der Waals surface area contributed by atoms with Crippen molar-refractivity contribution >= 4 is 16.9 Å². The summed E-state index contributed by atoms with van der Waals surface area (Å²) in [6.07, 6.45) is 4.45. The van der Waals surface area contributed by atoms with Gasteiger partial charge in [-0.2, -0.15) is 0 Å². The molecule has 1 aliphatic rings. The van der Waals surface area contributed by atoms with Crippen LogP contribution < -0.4 is 10.5 Å². The van der Waals surface area contributed by atoms with E-state index < -0.39 is 0 Å². The molecule has 0 saturated carbocycles. The monoisotopic (exact) mass is 382 g/mol. The molecule has 2 aromatic heterocycles. The van der Waals surface area contributed by atoms with E-state index >= 15 is 0 Å². The topological polar surface area (TPSA) is 51.0 Å². The number of benzene rings is 2. The predicted molar refractivity (Wildman–Crippen MR) is 116 cm³/mol. The van der Waals surface area contributed by atoms with Crippen LogP contribution in [0.1, 0.15) is 22.3 Å². The molecule has 0 amide bonds. The Hall–Kier alpha value is -3.47. The van der Waals surface area contributed by atoms with Crippen molar-refractivity contribution in [2.24, 2.45) is 0 Å². The lowest BCUT2D eigenvalue weighted by Crippen LogP contribution is -2.31.